The van der Waals surface area contributed by atoms with Crippen molar-refractivity contribution in [2.45, 2.75) is 13.3 Å². The average molecular weight is 433 g/mol. The number of thiazole rings is 1. The molecule has 1 aliphatic heterocycles. The number of hydrogen-bond donors (Lipinski definition) is 0. The summed E-state index contributed by atoms with van der Waals surface area (Å²) in [6.45, 7) is 4.92. The zero-order valence-corrected chi connectivity index (χ0v) is 18.5. The number of para-hydroxylation sites is 1. The number of carbonyl (C=O) groups excluding carboxylic acids is 1. The van der Waals surface area contributed by atoms with E-state index in [-0.39, 0.29) is 5.91 Å². The van der Waals surface area contributed by atoms with Crippen molar-refractivity contribution < 1.29 is 4.79 Å². The zero-order chi connectivity index (χ0) is 21.4. The Balaban J connectivity index is 1.26. The van der Waals surface area contributed by atoms with Crippen LogP contribution in [0.1, 0.15) is 23.1 Å². The molecule has 8 heteroatoms. The highest BCUT2D eigenvalue weighted by atomic mass is 32.1. The Bertz CT molecular complexity index is 1220. The summed E-state index contributed by atoms with van der Waals surface area (Å²) in [5, 5.41) is 8.50. The molecule has 5 rings (SSSR count). The van der Waals surface area contributed by atoms with E-state index >= 15 is 0 Å². The number of fused-ring (bicyclic) bond motifs is 1. The molecule has 1 fully saturated rings. The molecule has 4 aromatic rings. The van der Waals surface area contributed by atoms with Gasteiger partial charge in [0.05, 0.1) is 11.2 Å². The lowest BCUT2D eigenvalue weighted by atomic mass is 10.2. The van der Waals surface area contributed by atoms with Crippen LogP contribution in [0.25, 0.3) is 21.5 Å². The molecule has 4 heterocycles. The number of nitrogens with zero attached hydrogens (tertiary/aromatic N) is 6. The fourth-order valence-electron chi connectivity index (χ4n) is 3.96. The van der Waals surface area contributed by atoms with E-state index in [0.29, 0.717) is 18.8 Å². The number of rotatable bonds is 4. The molecule has 0 spiro atoms. The summed E-state index contributed by atoms with van der Waals surface area (Å²) in [4.78, 5) is 26.5. The molecule has 3 aromatic heterocycles. The Hall–Kier alpha value is -3.26. The third-order valence-electron chi connectivity index (χ3n) is 5.76. The van der Waals surface area contributed by atoms with Gasteiger partial charge in [0.2, 0.25) is 0 Å². The van der Waals surface area contributed by atoms with Crippen LogP contribution in [0.5, 0.6) is 0 Å². The lowest BCUT2D eigenvalue weighted by molar-refractivity contribution is 0.0741. The number of hydrogen-bond acceptors (Lipinski definition) is 6. The fraction of sp³-hybridized carbons (Fsp3) is 0.304. The van der Waals surface area contributed by atoms with Crippen LogP contribution in [-0.4, -0.2) is 56.7 Å². The normalized spacial score (nSPS) is 14.4. The van der Waals surface area contributed by atoms with Gasteiger partial charge >= 0.3 is 0 Å². The molecular weight excluding hydrogens is 408 g/mol. The predicted molar refractivity (Wildman–Crippen MR) is 124 cm³/mol. The minimum Gasteiger partial charge on any atom is -0.353 e. The Morgan fingerprint density at radius 1 is 1.10 bits per heavy atom. The molecule has 1 amide bonds. The van der Waals surface area contributed by atoms with Crippen LogP contribution >= 0.6 is 11.3 Å². The van der Waals surface area contributed by atoms with Crippen LogP contribution in [0.2, 0.25) is 0 Å². The molecule has 0 aliphatic carbocycles. The number of piperazine rings is 1. The lowest BCUT2D eigenvalue weighted by Crippen LogP contribution is -2.49. The van der Waals surface area contributed by atoms with Gasteiger partial charge in [0.15, 0.2) is 5.69 Å². The molecule has 0 bridgehead atoms. The molecule has 0 saturated carbocycles. The van der Waals surface area contributed by atoms with E-state index in [9.17, 15) is 4.79 Å². The third-order valence-corrected chi connectivity index (χ3v) is 6.70. The highest BCUT2D eigenvalue weighted by Crippen LogP contribution is 2.25. The van der Waals surface area contributed by atoms with Crippen molar-refractivity contribution in [2.24, 2.45) is 7.05 Å². The number of pyridine rings is 1. The van der Waals surface area contributed by atoms with E-state index in [1.54, 1.807) is 16.0 Å². The molecular formula is C23H24N6OS. The van der Waals surface area contributed by atoms with Crippen LogP contribution in [0.3, 0.4) is 0 Å². The van der Waals surface area contributed by atoms with Crippen molar-refractivity contribution in [3.63, 3.8) is 0 Å². The van der Waals surface area contributed by atoms with Gasteiger partial charge < -0.3 is 9.80 Å². The molecule has 31 heavy (non-hydrogen) atoms. The van der Waals surface area contributed by atoms with E-state index in [2.05, 4.69) is 38.3 Å². The quantitative estimate of drug-likeness (QED) is 0.493. The van der Waals surface area contributed by atoms with E-state index < -0.39 is 0 Å². The third kappa shape index (κ3) is 3.67. The van der Waals surface area contributed by atoms with Crippen molar-refractivity contribution >= 4 is 34.0 Å². The van der Waals surface area contributed by atoms with Gasteiger partial charge in [-0.05, 0) is 24.6 Å². The topological polar surface area (TPSA) is 67.2 Å². The molecule has 0 radical (unpaired) electrons. The predicted octanol–water partition coefficient (Wildman–Crippen LogP) is 3.62. The van der Waals surface area contributed by atoms with E-state index in [0.717, 1.165) is 52.5 Å². The van der Waals surface area contributed by atoms with Gasteiger partial charge in [-0.2, -0.15) is 5.10 Å². The molecule has 1 aliphatic rings. The number of aryl methyl sites for hydroxylation is 2. The minimum atomic E-state index is -0.00439. The molecule has 7 nitrogen and oxygen atoms in total. The summed E-state index contributed by atoms with van der Waals surface area (Å²) in [5.74, 6) is 0.932. The van der Waals surface area contributed by atoms with Crippen molar-refractivity contribution in [1.82, 2.24) is 24.6 Å². The van der Waals surface area contributed by atoms with Crippen molar-refractivity contribution in [2.75, 3.05) is 31.1 Å². The summed E-state index contributed by atoms with van der Waals surface area (Å²) in [5.41, 5.74) is 3.67. The summed E-state index contributed by atoms with van der Waals surface area (Å²) in [6, 6.07) is 12.0. The van der Waals surface area contributed by atoms with E-state index in [1.165, 1.54) is 0 Å². The van der Waals surface area contributed by atoms with Crippen molar-refractivity contribution in [1.29, 1.82) is 0 Å². The molecule has 0 N–H and O–H groups in total. The molecule has 1 saturated heterocycles. The average Bonchev–Trinajstić information content (AvgIpc) is 3.44. The smallest absolute Gasteiger partial charge is 0.275 e. The van der Waals surface area contributed by atoms with Gasteiger partial charge in [-0.15, -0.1) is 11.3 Å². The Kier molecular flexibility index (Phi) is 5.15. The van der Waals surface area contributed by atoms with E-state index in [1.807, 2.05) is 48.5 Å². The van der Waals surface area contributed by atoms with Gasteiger partial charge in [-0.25, -0.2) is 9.97 Å². The number of amides is 1. The summed E-state index contributed by atoms with van der Waals surface area (Å²) in [6.07, 6.45) is 2.84. The monoisotopic (exact) mass is 432 g/mol. The maximum atomic E-state index is 13.1. The van der Waals surface area contributed by atoms with Gasteiger partial charge in [0, 0.05) is 55.8 Å². The van der Waals surface area contributed by atoms with Gasteiger partial charge in [0.25, 0.3) is 5.91 Å². The first-order chi connectivity index (χ1) is 15.1. The summed E-state index contributed by atoms with van der Waals surface area (Å²) < 4.78 is 1.77. The van der Waals surface area contributed by atoms with Gasteiger partial charge in [-0.3, -0.25) is 9.48 Å². The number of carbonyl (C=O) groups is 1. The SMILES string of the molecule is CCc1csc(-c2ccc(N3CCN(C(=O)c4nn(C)c5ccccc45)CC3)nc2)n1. The first-order valence-electron chi connectivity index (χ1n) is 10.5. The van der Waals surface area contributed by atoms with E-state index in [4.69, 9.17) is 0 Å². The first kappa shape index (κ1) is 19.7. The van der Waals surface area contributed by atoms with Crippen molar-refractivity contribution in [3.05, 3.63) is 59.4 Å². The highest BCUT2D eigenvalue weighted by molar-refractivity contribution is 7.13. The van der Waals surface area contributed by atoms with Crippen LogP contribution in [0.15, 0.2) is 48.0 Å². The van der Waals surface area contributed by atoms with Crippen LogP contribution in [0, 0.1) is 0 Å². The Labute approximate surface area is 185 Å². The summed E-state index contributed by atoms with van der Waals surface area (Å²) >= 11 is 1.66. The highest BCUT2D eigenvalue weighted by Gasteiger charge is 2.26. The number of anilines is 1. The fourth-order valence-corrected chi connectivity index (χ4v) is 4.86. The van der Waals surface area contributed by atoms with Gasteiger partial charge in [-0.1, -0.05) is 25.1 Å². The molecule has 158 valence electrons. The standard InChI is InChI=1S/C23H24N6OS/c1-3-17-15-31-22(25-17)16-8-9-20(24-14-16)28-10-12-29(13-11-28)23(30)21-18-6-4-5-7-19(18)27(2)26-21/h4-9,14-15H,3,10-13H2,1-2H3. The summed E-state index contributed by atoms with van der Waals surface area (Å²) in [7, 11) is 1.88. The van der Waals surface area contributed by atoms with Crippen LogP contribution in [0.4, 0.5) is 5.82 Å². The second kappa shape index (κ2) is 8.11. The second-order valence-corrected chi connectivity index (χ2v) is 8.53. The largest absolute Gasteiger partial charge is 0.353 e. The maximum absolute atomic E-state index is 13.1. The minimum absolute atomic E-state index is 0.00439. The maximum Gasteiger partial charge on any atom is 0.275 e. The molecule has 1 aromatic carbocycles. The van der Waals surface area contributed by atoms with Gasteiger partial charge in [0.1, 0.15) is 10.8 Å². The van der Waals surface area contributed by atoms with Crippen LogP contribution < -0.4 is 4.90 Å². The molecule has 0 unspecified atom stereocenters. The number of aromatic nitrogens is 4. The lowest BCUT2D eigenvalue weighted by Gasteiger charge is -2.35. The first-order valence-corrected chi connectivity index (χ1v) is 11.4. The second-order valence-electron chi connectivity index (χ2n) is 7.67. The Morgan fingerprint density at radius 3 is 2.61 bits per heavy atom. The molecule has 0 atom stereocenters. The van der Waals surface area contributed by atoms with Crippen molar-refractivity contribution in [3.8, 4) is 10.6 Å². The number of benzene rings is 1. The van der Waals surface area contributed by atoms with Crippen LogP contribution in [-0.2, 0) is 13.5 Å². The Morgan fingerprint density at radius 2 is 1.90 bits per heavy atom. The zero-order valence-electron chi connectivity index (χ0n) is 17.7.